The van der Waals surface area contributed by atoms with Crippen molar-refractivity contribution in [3.05, 3.63) is 29.6 Å². The predicted molar refractivity (Wildman–Crippen MR) is 72.1 cm³/mol. The van der Waals surface area contributed by atoms with Crippen molar-refractivity contribution < 1.29 is 19.1 Å². The fraction of sp³-hybridized carbons (Fsp3) is 0.429. The first-order valence-electron chi connectivity index (χ1n) is 6.47. The number of aliphatic carboxylic acids is 1. The average molecular weight is 280 g/mol. The Labute approximate surface area is 116 Å². The van der Waals surface area contributed by atoms with E-state index in [9.17, 15) is 14.0 Å². The van der Waals surface area contributed by atoms with E-state index in [-0.39, 0.29) is 6.54 Å². The lowest BCUT2D eigenvalue weighted by Gasteiger charge is -2.37. The second-order valence-corrected chi connectivity index (χ2v) is 5.21. The van der Waals surface area contributed by atoms with E-state index in [2.05, 4.69) is 10.6 Å². The van der Waals surface area contributed by atoms with Gasteiger partial charge < -0.3 is 15.7 Å². The molecule has 1 aromatic rings. The van der Waals surface area contributed by atoms with E-state index < -0.39 is 23.2 Å². The molecule has 1 aromatic carbocycles. The third kappa shape index (κ3) is 2.89. The molecule has 0 unspecified atom stereocenters. The van der Waals surface area contributed by atoms with Crippen molar-refractivity contribution in [1.29, 1.82) is 0 Å². The lowest BCUT2D eigenvalue weighted by atomic mass is 9.69. The van der Waals surface area contributed by atoms with Gasteiger partial charge in [0.05, 0.1) is 5.41 Å². The molecule has 2 amide bonds. The summed E-state index contributed by atoms with van der Waals surface area (Å²) in [5.41, 5.74) is -0.00517. The summed E-state index contributed by atoms with van der Waals surface area (Å²) >= 11 is 0. The number of carbonyl (C=O) groups is 2. The van der Waals surface area contributed by atoms with Gasteiger partial charge in [0, 0.05) is 12.2 Å². The minimum Gasteiger partial charge on any atom is -0.481 e. The summed E-state index contributed by atoms with van der Waals surface area (Å²) < 4.78 is 13.3. The van der Waals surface area contributed by atoms with Crippen molar-refractivity contribution in [3.63, 3.8) is 0 Å². The third-order valence-corrected chi connectivity index (χ3v) is 3.78. The molecular formula is C14H17FN2O3. The van der Waals surface area contributed by atoms with Crippen LogP contribution in [-0.4, -0.2) is 23.7 Å². The second kappa shape index (κ2) is 5.48. The number of nitrogens with one attached hydrogen (secondary N) is 2. The first kappa shape index (κ1) is 14.3. The van der Waals surface area contributed by atoms with Crippen LogP contribution in [0.25, 0.3) is 0 Å². The Bertz CT molecular complexity index is 541. The van der Waals surface area contributed by atoms with Crippen molar-refractivity contribution in [2.45, 2.75) is 26.2 Å². The number of hydrogen-bond donors (Lipinski definition) is 3. The number of carboxylic acid groups (broad SMARTS) is 1. The van der Waals surface area contributed by atoms with Gasteiger partial charge in [0.15, 0.2) is 0 Å². The van der Waals surface area contributed by atoms with Gasteiger partial charge in [-0.05, 0) is 37.5 Å². The number of halogens is 1. The molecule has 1 aliphatic rings. The Morgan fingerprint density at radius 2 is 2.10 bits per heavy atom. The molecule has 0 aliphatic heterocycles. The molecule has 0 saturated heterocycles. The first-order chi connectivity index (χ1) is 9.43. The maximum absolute atomic E-state index is 13.3. The summed E-state index contributed by atoms with van der Waals surface area (Å²) in [6.45, 7) is 1.72. The van der Waals surface area contributed by atoms with Crippen molar-refractivity contribution in [3.8, 4) is 0 Å². The Balaban J connectivity index is 1.89. The zero-order valence-corrected chi connectivity index (χ0v) is 11.2. The Hall–Kier alpha value is -2.11. The molecule has 0 bridgehead atoms. The molecule has 0 radical (unpaired) electrons. The molecule has 1 fully saturated rings. The van der Waals surface area contributed by atoms with Gasteiger partial charge in [0.2, 0.25) is 0 Å². The average Bonchev–Trinajstić information content (AvgIpc) is 2.32. The Morgan fingerprint density at radius 1 is 1.40 bits per heavy atom. The topological polar surface area (TPSA) is 78.4 Å². The quantitative estimate of drug-likeness (QED) is 0.793. The van der Waals surface area contributed by atoms with Crippen LogP contribution in [0.5, 0.6) is 0 Å². The number of benzene rings is 1. The highest BCUT2D eigenvalue weighted by molar-refractivity contribution is 5.89. The van der Waals surface area contributed by atoms with Crippen molar-refractivity contribution in [2.75, 3.05) is 11.9 Å². The van der Waals surface area contributed by atoms with Gasteiger partial charge >= 0.3 is 12.0 Å². The maximum atomic E-state index is 13.3. The van der Waals surface area contributed by atoms with Gasteiger partial charge in [-0.1, -0.05) is 12.5 Å². The van der Waals surface area contributed by atoms with Gasteiger partial charge in [0.1, 0.15) is 5.82 Å². The molecule has 20 heavy (non-hydrogen) atoms. The smallest absolute Gasteiger partial charge is 0.319 e. The molecule has 0 atom stereocenters. The molecule has 108 valence electrons. The summed E-state index contributed by atoms with van der Waals surface area (Å²) in [5, 5.41) is 14.2. The number of amides is 2. The van der Waals surface area contributed by atoms with E-state index >= 15 is 0 Å². The SMILES string of the molecule is Cc1ccc(NC(=O)NCC2(C(=O)O)CCC2)cc1F. The highest BCUT2D eigenvalue weighted by Gasteiger charge is 2.44. The summed E-state index contributed by atoms with van der Waals surface area (Å²) in [5.74, 6) is -1.28. The zero-order valence-electron chi connectivity index (χ0n) is 11.2. The second-order valence-electron chi connectivity index (χ2n) is 5.21. The van der Waals surface area contributed by atoms with E-state index in [1.165, 1.54) is 6.07 Å². The predicted octanol–water partition coefficient (Wildman–Crippen LogP) is 2.51. The first-order valence-corrected chi connectivity index (χ1v) is 6.47. The van der Waals surface area contributed by atoms with Crippen LogP contribution in [0.1, 0.15) is 24.8 Å². The molecule has 0 aromatic heterocycles. The summed E-state index contributed by atoms with van der Waals surface area (Å²) in [6, 6.07) is 3.86. The lowest BCUT2D eigenvalue weighted by molar-refractivity contribution is -0.153. The molecule has 0 heterocycles. The maximum Gasteiger partial charge on any atom is 0.319 e. The fourth-order valence-electron chi connectivity index (χ4n) is 2.17. The minimum absolute atomic E-state index is 0.0858. The van der Waals surface area contributed by atoms with Crippen LogP contribution in [0.2, 0.25) is 0 Å². The normalized spacial score (nSPS) is 16.1. The van der Waals surface area contributed by atoms with E-state index in [1.54, 1.807) is 19.1 Å². The van der Waals surface area contributed by atoms with E-state index in [1.807, 2.05) is 0 Å². The molecule has 1 saturated carbocycles. The fourth-order valence-corrected chi connectivity index (χ4v) is 2.17. The number of urea groups is 1. The van der Waals surface area contributed by atoms with Crippen LogP contribution >= 0.6 is 0 Å². The number of hydrogen-bond acceptors (Lipinski definition) is 2. The van der Waals surface area contributed by atoms with Crippen LogP contribution in [0.3, 0.4) is 0 Å². The zero-order chi connectivity index (χ0) is 14.8. The van der Waals surface area contributed by atoms with Crippen molar-refractivity contribution >= 4 is 17.7 Å². The molecule has 5 nitrogen and oxygen atoms in total. The Kier molecular flexibility index (Phi) is 3.92. The number of aryl methyl sites for hydroxylation is 1. The summed E-state index contributed by atoms with van der Waals surface area (Å²) in [7, 11) is 0. The van der Waals surface area contributed by atoms with Crippen LogP contribution < -0.4 is 10.6 Å². The summed E-state index contributed by atoms with van der Waals surface area (Å²) in [4.78, 5) is 22.8. The highest BCUT2D eigenvalue weighted by Crippen LogP contribution is 2.40. The van der Waals surface area contributed by atoms with Crippen molar-refractivity contribution in [2.24, 2.45) is 5.41 Å². The van der Waals surface area contributed by atoms with Crippen LogP contribution in [0.15, 0.2) is 18.2 Å². The van der Waals surface area contributed by atoms with Gasteiger partial charge in [-0.25, -0.2) is 9.18 Å². The Morgan fingerprint density at radius 3 is 2.60 bits per heavy atom. The number of carboxylic acids is 1. The molecule has 0 spiro atoms. The minimum atomic E-state index is -0.884. The van der Waals surface area contributed by atoms with E-state index in [4.69, 9.17) is 5.11 Å². The molecule has 1 aliphatic carbocycles. The lowest BCUT2D eigenvalue weighted by Crippen LogP contribution is -2.48. The van der Waals surface area contributed by atoms with Crippen LogP contribution in [0, 0.1) is 18.2 Å². The summed E-state index contributed by atoms with van der Waals surface area (Å²) in [6.07, 6.45) is 2.00. The van der Waals surface area contributed by atoms with Crippen LogP contribution in [-0.2, 0) is 4.79 Å². The number of rotatable bonds is 4. The highest BCUT2D eigenvalue weighted by atomic mass is 19.1. The number of carbonyl (C=O) groups excluding carboxylic acids is 1. The van der Waals surface area contributed by atoms with E-state index in [0.29, 0.717) is 24.1 Å². The van der Waals surface area contributed by atoms with E-state index in [0.717, 1.165) is 6.42 Å². The molecular weight excluding hydrogens is 263 g/mol. The van der Waals surface area contributed by atoms with Crippen molar-refractivity contribution in [1.82, 2.24) is 5.32 Å². The number of anilines is 1. The van der Waals surface area contributed by atoms with Gasteiger partial charge in [0.25, 0.3) is 0 Å². The van der Waals surface area contributed by atoms with Gasteiger partial charge in [-0.15, -0.1) is 0 Å². The molecule has 3 N–H and O–H groups in total. The van der Waals surface area contributed by atoms with Crippen LogP contribution in [0.4, 0.5) is 14.9 Å². The molecule has 6 heteroatoms. The third-order valence-electron chi connectivity index (χ3n) is 3.78. The van der Waals surface area contributed by atoms with Gasteiger partial charge in [-0.3, -0.25) is 4.79 Å². The standard InChI is InChI=1S/C14H17FN2O3/c1-9-3-4-10(7-11(9)15)17-13(20)16-8-14(12(18)19)5-2-6-14/h3-4,7H,2,5-6,8H2,1H3,(H,18,19)(H2,16,17,20). The molecule has 2 rings (SSSR count). The largest absolute Gasteiger partial charge is 0.481 e. The monoisotopic (exact) mass is 280 g/mol. The van der Waals surface area contributed by atoms with Gasteiger partial charge in [-0.2, -0.15) is 0 Å².